The Labute approximate surface area is 133 Å². The molecule has 0 spiro atoms. The van der Waals surface area contributed by atoms with Gasteiger partial charge in [0.05, 0.1) is 0 Å². The maximum atomic E-state index is 4.86. The van der Waals surface area contributed by atoms with Crippen molar-refractivity contribution >= 4 is 5.96 Å². The number of rotatable bonds is 6. The summed E-state index contributed by atoms with van der Waals surface area (Å²) in [6.07, 6.45) is 6.21. The summed E-state index contributed by atoms with van der Waals surface area (Å²) in [5.74, 6) is 3.30. The third-order valence-electron chi connectivity index (χ3n) is 4.60. The number of aromatic nitrogens is 3. The lowest BCUT2D eigenvalue weighted by Gasteiger charge is -2.33. The van der Waals surface area contributed by atoms with Gasteiger partial charge < -0.3 is 10.2 Å². The van der Waals surface area contributed by atoms with Gasteiger partial charge in [0, 0.05) is 32.1 Å². The first-order chi connectivity index (χ1) is 10.8. The van der Waals surface area contributed by atoms with E-state index in [2.05, 4.69) is 46.2 Å². The highest BCUT2D eigenvalue weighted by Gasteiger charge is 2.24. The number of aromatic amines is 1. The van der Waals surface area contributed by atoms with Gasteiger partial charge in [-0.2, -0.15) is 5.10 Å². The van der Waals surface area contributed by atoms with Crippen molar-refractivity contribution in [2.45, 2.75) is 52.4 Å². The average molecular weight is 306 g/mol. The minimum absolute atomic E-state index is 0.501. The molecule has 0 saturated carbocycles. The molecule has 2 heterocycles. The van der Waals surface area contributed by atoms with Gasteiger partial charge in [-0.05, 0) is 25.7 Å². The zero-order valence-corrected chi connectivity index (χ0v) is 14.2. The summed E-state index contributed by atoms with van der Waals surface area (Å²) in [6.45, 7) is 10.5. The summed E-state index contributed by atoms with van der Waals surface area (Å²) in [4.78, 5) is 11.5. The molecule has 0 aromatic carbocycles. The Balaban J connectivity index is 1.91. The third kappa shape index (κ3) is 4.45. The number of nitrogens with one attached hydrogen (secondary N) is 2. The van der Waals surface area contributed by atoms with E-state index in [-0.39, 0.29) is 0 Å². The van der Waals surface area contributed by atoms with Gasteiger partial charge in [0.15, 0.2) is 5.96 Å². The van der Waals surface area contributed by atoms with E-state index >= 15 is 0 Å². The molecule has 0 atom stereocenters. The van der Waals surface area contributed by atoms with E-state index in [1.165, 1.54) is 12.8 Å². The molecule has 1 fully saturated rings. The van der Waals surface area contributed by atoms with Crippen LogP contribution < -0.4 is 5.32 Å². The van der Waals surface area contributed by atoms with Gasteiger partial charge in [0.1, 0.15) is 12.2 Å². The molecule has 0 radical (unpaired) electrons. The maximum Gasteiger partial charge on any atom is 0.193 e. The van der Waals surface area contributed by atoms with Crippen LogP contribution in [0.15, 0.2) is 11.3 Å². The summed E-state index contributed by atoms with van der Waals surface area (Å²) in [5.41, 5.74) is 0. The van der Waals surface area contributed by atoms with Gasteiger partial charge in [0.2, 0.25) is 0 Å². The number of piperidine rings is 1. The minimum atomic E-state index is 0.501. The summed E-state index contributed by atoms with van der Waals surface area (Å²) in [6, 6.07) is 0. The van der Waals surface area contributed by atoms with Crippen LogP contribution in [0.4, 0.5) is 0 Å². The van der Waals surface area contributed by atoms with E-state index in [0.717, 1.165) is 50.8 Å². The largest absolute Gasteiger partial charge is 0.357 e. The standard InChI is InChI=1S/C16H30N6/c1-4-13(5-2)11-18-16(17-6-3)22-9-7-14(8-10-22)15-19-12-20-21-15/h12-14H,4-11H2,1-3H3,(H,17,18)(H,19,20,21). The van der Waals surface area contributed by atoms with Crippen LogP contribution in [0.1, 0.15) is 58.2 Å². The van der Waals surface area contributed by atoms with E-state index in [4.69, 9.17) is 4.99 Å². The Morgan fingerprint density at radius 3 is 2.64 bits per heavy atom. The second-order valence-corrected chi connectivity index (χ2v) is 6.01. The quantitative estimate of drug-likeness (QED) is 0.625. The fraction of sp³-hybridized carbons (Fsp3) is 0.812. The average Bonchev–Trinajstić information content (AvgIpc) is 3.09. The molecular weight excluding hydrogens is 276 g/mol. The Morgan fingerprint density at radius 2 is 2.09 bits per heavy atom. The highest BCUT2D eigenvalue weighted by atomic mass is 15.3. The number of aliphatic imine (C=N–C) groups is 1. The van der Waals surface area contributed by atoms with E-state index < -0.39 is 0 Å². The molecule has 2 rings (SSSR count). The van der Waals surface area contributed by atoms with Crippen LogP contribution in [0.25, 0.3) is 0 Å². The zero-order valence-electron chi connectivity index (χ0n) is 14.2. The van der Waals surface area contributed by atoms with E-state index in [9.17, 15) is 0 Å². The third-order valence-corrected chi connectivity index (χ3v) is 4.60. The number of hydrogen-bond acceptors (Lipinski definition) is 3. The number of hydrogen-bond donors (Lipinski definition) is 2. The van der Waals surface area contributed by atoms with Crippen molar-refractivity contribution < 1.29 is 0 Å². The molecule has 1 aliphatic heterocycles. The lowest BCUT2D eigenvalue weighted by Crippen LogP contribution is -2.45. The van der Waals surface area contributed by atoms with Crippen LogP contribution in [0, 0.1) is 5.92 Å². The highest BCUT2D eigenvalue weighted by Crippen LogP contribution is 2.25. The fourth-order valence-electron chi connectivity index (χ4n) is 2.96. The van der Waals surface area contributed by atoms with Crippen molar-refractivity contribution in [3.63, 3.8) is 0 Å². The SMILES string of the molecule is CCNC(=NCC(CC)CC)N1CCC(c2ncn[nH]2)CC1. The monoisotopic (exact) mass is 306 g/mol. The Hall–Kier alpha value is -1.59. The molecule has 1 aromatic rings. The smallest absolute Gasteiger partial charge is 0.193 e. The van der Waals surface area contributed by atoms with Gasteiger partial charge in [-0.25, -0.2) is 4.98 Å². The van der Waals surface area contributed by atoms with Crippen molar-refractivity contribution in [1.82, 2.24) is 25.4 Å². The normalized spacial score (nSPS) is 17.3. The predicted molar refractivity (Wildman–Crippen MR) is 90.0 cm³/mol. The lowest BCUT2D eigenvalue weighted by atomic mass is 9.96. The van der Waals surface area contributed by atoms with Gasteiger partial charge in [0.25, 0.3) is 0 Å². The van der Waals surface area contributed by atoms with Crippen LogP contribution in [0.2, 0.25) is 0 Å². The number of guanidine groups is 1. The molecule has 1 aromatic heterocycles. The van der Waals surface area contributed by atoms with Crippen molar-refractivity contribution in [3.8, 4) is 0 Å². The first kappa shape index (κ1) is 16.8. The van der Waals surface area contributed by atoms with Gasteiger partial charge >= 0.3 is 0 Å². The molecule has 22 heavy (non-hydrogen) atoms. The van der Waals surface area contributed by atoms with E-state index in [1.807, 2.05) is 0 Å². The van der Waals surface area contributed by atoms with E-state index in [1.54, 1.807) is 6.33 Å². The Bertz CT molecular complexity index is 429. The van der Waals surface area contributed by atoms with Crippen molar-refractivity contribution in [2.24, 2.45) is 10.9 Å². The lowest BCUT2D eigenvalue weighted by molar-refractivity contribution is 0.298. The van der Waals surface area contributed by atoms with Crippen LogP contribution in [0.5, 0.6) is 0 Å². The molecule has 6 nitrogen and oxygen atoms in total. The van der Waals surface area contributed by atoms with Crippen LogP contribution in [0.3, 0.4) is 0 Å². The Morgan fingerprint density at radius 1 is 1.36 bits per heavy atom. The molecule has 6 heteroatoms. The van der Waals surface area contributed by atoms with Crippen LogP contribution in [-0.4, -0.2) is 52.2 Å². The summed E-state index contributed by atoms with van der Waals surface area (Å²) in [5, 5.41) is 10.4. The molecule has 0 unspecified atom stereocenters. The molecule has 124 valence electrons. The molecular formula is C16H30N6. The molecule has 2 N–H and O–H groups in total. The highest BCUT2D eigenvalue weighted by molar-refractivity contribution is 5.80. The number of likely N-dealkylation sites (tertiary alicyclic amines) is 1. The number of nitrogens with zero attached hydrogens (tertiary/aromatic N) is 4. The fourth-order valence-corrected chi connectivity index (χ4v) is 2.96. The van der Waals surface area contributed by atoms with E-state index in [0.29, 0.717) is 11.8 Å². The second kappa shape index (κ2) is 8.76. The van der Waals surface area contributed by atoms with Gasteiger partial charge in [-0.3, -0.25) is 10.1 Å². The van der Waals surface area contributed by atoms with Crippen molar-refractivity contribution in [3.05, 3.63) is 12.2 Å². The molecule has 0 bridgehead atoms. The molecule has 1 aliphatic rings. The first-order valence-electron chi connectivity index (χ1n) is 8.66. The summed E-state index contributed by atoms with van der Waals surface area (Å²) in [7, 11) is 0. The van der Waals surface area contributed by atoms with Crippen molar-refractivity contribution in [1.29, 1.82) is 0 Å². The summed E-state index contributed by atoms with van der Waals surface area (Å²) < 4.78 is 0. The minimum Gasteiger partial charge on any atom is -0.357 e. The first-order valence-corrected chi connectivity index (χ1v) is 8.66. The topological polar surface area (TPSA) is 69.2 Å². The molecule has 1 saturated heterocycles. The zero-order chi connectivity index (χ0) is 15.8. The summed E-state index contributed by atoms with van der Waals surface area (Å²) >= 11 is 0. The number of H-pyrrole nitrogens is 1. The maximum absolute atomic E-state index is 4.86. The molecule has 0 aliphatic carbocycles. The Kier molecular flexibility index (Phi) is 6.68. The van der Waals surface area contributed by atoms with Gasteiger partial charge in [-0.15, -0.1) is 0 Å². The van der Waals surface area contributed by atoms with Gasteiger partial charge in [-0.1, -0.05) is 26.7 Å². The van der Waals surface area contributed by atoms with Crippen molar-refractivity contribution in [2.75, 3.05) is 26.2 Å². The van der Waals surface area contributed by atoms with Crippen LogP contribution in [-0.2, 0) is 0 Å². The second-order valence-electron chi connectivity index (χ2n) is 6.01. The predicted octanol–water partition coefficient (Wildman–Crippen LogP) is 2.39. The molecule has 0 amide bonds. The van der Waals surface area contributed by atoms with Crippen LogP contribution >= 0.6 is 0 Å².